The Bertz CT molecular complexity index is 6.00. The topological polar surface area (TPSA) is 20.2 Å². The molecule has 0 bridgehead atoms. The Morgan fingerprint density at radius 1 is 1.75 bits per heavy atom. The molecule has 0 aromatic rings. The van der Waals surface area contributed by atoms with Crippen LogP contribution in [0.3, 0.4) is 0 Å². The van der Waals surface area contributed by atoms with E-state index in [2.05, 4.69) is 6.92 Å². The van der Waals surface area contributed by atoms with Crippen LogP contribution in [-0.2, 0) is 19.5 Å². The molecule has 0 fully saturated rings. The Morgan fingerprint density at radius 3 is 1.75 bits per heavy atom. The van der Waals surface area contributed by atoms with Gasteiger partial charge in [0.15, 0.2) is 0 Å². The first kappa shape index (κ1) is 8.82. The van der Waals surface area contributed by atoms with E-state index in [4.69, 9.17) is 5.11 Å². The van der Waals surface area contributed by atoms with Crippen molar-refractivity contribution in [3.63, 3.8) is 0 Å². The number of hydrogen-bond acceptors (Lipinski definition) is 1. The molecule has 0 spiro atoms. The Labute approximate surface area is 38.8 Å². The molecule has 0 saturated carbocycles. The number of aliphatic hydroxyl groups excluding tert-OH is 1. The minimum Gasteiger partial charge on any atom is -0.428 e. The quantitative estimate of drug-likeness (QED) is 0.373. The van der Waals surface area contributed by atoms with Gasteiger partial charge in [0.05, 0.1) is 0 Å². The fraction of sp³-hybridized carbons (Fsp3) is 0.500. The zero-order valence-electron chi connectivity index (χ0n) is 2.19. The molecule has 0 unspecified atom stereocenters. The number of hydrogen-bond donors (Lipinski definition) is 1. The van der Waals surface area contributed by atoms with Crippen molar-refractivity contribution in [3.05, 3.63) is 6.92 Å². The van der Waals surface area contributed by atoms with E-state index in [9.17, 15) is 0 Å². The van der Waals surface area contributed by atoms with Gasteiger partial charge >= 0.3 is 0 Å². The fourth-order valence-corrected chi connectivity index (χ4v) is 0. The Balaban J connectivity index is 0. The maximum Gasteiger partial charge on any atom is 0 e. The summed E-state index contributed by atoms with van der Waals surface area (Å²) in [5.74, 6) is 0. The minimum atomic E-state index is 0. The van der Waals surface area contributed by atoms with Gasteiger partial charge in [-0.25, -0.2) is 0 Å². The first-order valence-corrected chi connectivity index (χ1v) is 0.816. The van der Waals surface area contributed by atoms with Crippen LogP contribution in [-0.4, -0.2) is 11.7 Å². The number of rotatable bonds is 0. The van der Waals surface area contributed by atoms with E-state index < -0.39 is 0 Å². The zero-order chi connectivity index (χ0) is 2.71. The van der Waals surface area contributed by atoms with Gasteiger partial charge in [-0.2, -0.15) is 0 Å². The fourth-order valence-electron chi connectivity index (χ4n) is 0. The van der Waals surface area contributed by atoms with Crippen LogP contribution in [0.15, 0.2) is 0 Å². The molecule has 0 aliphatic rings. The molecular formula is C2H5ORh-. The van der Waals surface area contributed by atoms with Crippen molar-refractivity contribution < 1.29 is 24.6 Å². The molecule has 1 nitrogen and oxygen atoms in total. The van der Waals surface area contributed by atoms with Crippen LogP contribution in [0, 0.1) is 6.92 Å². The van der Waals surface area contributed by atoms with Crippen LogP contribution in [0.2, 0.25) is 0 Å². The molecule has 0 aromatic heterocycles. The molecule has 0 atom stereocenters. The van der Waals surface area contributed by atoms with Gasteiger partial charge in [-0.05, 0) is 0 Å². The second kappa shape index (κ2) is 9.54. The van der Waals surface area contributed by atoms with E-state index in [0.29, 0.717) is 0 Å². The maximum atomic E-state index is 7.46. The van der Waals surface area contributed by atoms with Crippen molar-refractivity contribution in [2.45, 2.75) is 0 Å². The van der Waals surface area contributed by atoms with Gasteiger partial charge in [-0.3, -0.25) is 0 Å². The van der Waals surface area contributed by atoms with E-state index in [1.807, 2.05) is 0 Å². The van der Waals surface area contributed by atoms with Crippen molar-refractivity contribution in [3.8, 4) is 0 Å². The summed E-state index contributed by atoms with van der Waals surface area (Å²) < 4.78 is 0. The van der Waals surface area contributed by atoms with Crippen molar-refractivity contribution in [1.82, 2.24) is 0 Å². The molecule has 1 radical (unpaired) electrons. The van der Waals surface area contributed by atoms with Gasteiger partial charge < -0.3 is 12.0 Å². The zero-order valence-corrected chi connectivity index (χ0v) is 3.83. The third-order valence-corrected chi connectivity index (χ3v) is 0. The molecule has 1 N–H and O–H groups in total. The molecule has 0 saturated heterocycles. The standard InChI is InChI=1S/C2H5O.Rh/c1-2-3;/h3H,1-2H2;/q-1;. The predicted octanol–water partition coefficient (Wildman–Crippen LogP) is -0.190. The molecule has 0 aliphatic carbocycles. The Morgan fingerprint density at radius 2 is 1.75 bits per heavy atom. The van der Waals surface area contributed by atoms with Gasteiger partial charge in [0.1, 0.15) is 0 Å². The SMILES string of the molecule is [CH2-]CO.[Rh]. The molecule has 0 rings (SSSR count). The van der Waals surface area contributed by atoms with E-state index in [-0.39, 0.29) is 26.1 Å². The molecule has 0 amide bonds. The first-order valence-electron chi connectivity index (χ1n) is 0.816. The van der Waals surface area contributed by atoms with E-state index in [1.165, 1.54) is 0 Å². The van der Waals surface area contributed by atoms with E-state index in [1.54, 1.807) is 0 Å². The monoisotopic (exact) mass is 148 g/mol. The number of aliphatic hydroxyl groups is 1. The van der Waals surface area contributed by atoms with Crippen LogP contribution >= 0.6 is 0 Å². The maximum absolute atomic E-state index is 7.46. The summed E-state index contributed by atoms with van der Waals surface area (Å²) >= 11 is 0. The van der Waals surface area contributed by atoms with E-state index in [0.717, 1.165) is 0 Å². The van der Waals surface area contributed by atoms with Gasteiger partial charge in [-0.1, -0.05) is 6.61 Å². The normalized spacial score (nSPS) is 4.50. The van der Waals surface area contributed by atoms with Gasteiger partial charge in [0, 0.05) is 19.5 Å². The average Bonchev–Trinajstić information content (AvgIpc) is 0.918. The summed E-state index contributed by atoms with van der Waals surface area (Å²) in [4.78, 5) is 0. The summed E-state index contributed by atoms with van der Waals surface area (Å²) in [6.07, 6.45) is 0. The first-order chi connectivity index (χ1) is 1.41. The molecular weight excluding hydrogens is 143 g/mol. The van der Waals surface area contributed by atoms with Crippen molar-refractivity contribution >= 4 is 0 Å². The summed E-state index contributed by atoms with van der Waals surface area (Å²) in [5, 5.41) is 7.46. The van der Waals surface area contributed by atoms with Crippen LogP contribution in [0.25, 0.3) is 0 Å². The summed E-state index contributed by atoms with van der Waals surface area (Å²) in [6, 6.07) is 0. The summed E-state index contributed by atoms with van der Waals surface area (Å²) in [6.45, 7) is 3.04. The average molecular weight is 148 g/mol. The predicted molar refractivity (Wildman–Crippen MR) is 12.4 cm³/mol. The van der Waals surface area contributed by atoms with Crippen LogP contribution in [0.1, 0.15) is 0 Å². The molecule has 0 aliphatic heterocycles. The van der Waals surface area contributed by atoms with Crippen molar-refractivity contribution in [2.75, 3.05) is 6.61 Å². The van der Waals surface area contributed by atoms with Gasteiger partial charge in [-0.15, -0.1) is 0 Å². The van der Waals surface area contributed by atoms with Crippen molar-refractivity contribution in [2.24, 2.45) is 0 Å². The van der Waals surface area contributed by atoms with Crippen LogP contribution < -0.4 is 0 Å². The van der Waals surface area contributed by atoms with E-state index >= 15 is 0 Å². The smallest absolute Gasteiger partial charge is 0 e. The summed E-state index contributed by atoms with van der Waals surface area (Å²) in [5.41, 5.74) is 0. The van der Waals surface area contributed by atoms with Crippen LogP contribution in [0.4, 0.5) is 0 Å². The molecule has 4 heavy (non-hydrogen) atoms. The molecule has 2 heteroatoms. The second-order valence-electron chi connectivity index (χ2n) is 0.224. The minimum absolute atomic E-state index is 0. The third-order valence-electron chi connectivity index (χ3n) is 0. The van der Waals surface area contributed by atoms with Crippen LogP contribution in [0.5, 0.6) is 0 Å². The second-order valence-corrected chi connectivity index (χ2v) is 0.224. The third kappa shape index (κ3) is 19.0. The molecule has 0 heterocycles. The Hall–Kier alpha value is 0.583. The van der Waals surface area contributed by atoms with Gasteiger partial charge in [0.25, 0.3) is 0 Å². The Kier molecular flexibility index (Phi) is 21.0. The summed E-state index contributed by atoms with van der Waals surface area (Å²) in [7, 11) is 0. The molecule has 0 aromatic carbocycles. The van der Waals surface area contributed by atoms with Crippen molar-refractivity contribution in [1.29, 1.82) is 0 Å². The largest absolute Gasteiger partial charge is 0.428 e. The van der Waals surface area contributed by atoms with Gasteiger partial charge in [0.2, 0.25) is 0 Å². The molecule has 29 valence electrons.